The highest BCUT2D eigenvalue weighted by Gasteiger charge is 2.28. The Hall–Kier alpha value is -3.03. The van der Waals surface area contributed by atoms with Crippen LogP contribution in [0.3, 0.4) is 0 Å². The van der Waals surface area contributed by atoms with Crippen molar-refractivity contribution in [2.75, 3.05) is 31.6 Å². The molecule has 4 rings (SSSR count). The normalized spacial score (nSPS) is 13.9. The van der Waals surface area contributed by atoms with Crippen LogP contribution in [0.5, 0.6) is 0 Å². The molecular formula is C23H21FN2O3S. The number of benzene rings is 2. The first-order valence-corrected chi connectivity index (χ1v) is 10.5. The largest absolute Gasteiger partial charge is 0.378 e. The van der Waals surface area contributed by atoms with E-state index in [0.717, 1.165) is 16.0 Å². The van der Waals surface area contributed by atoms with Crippen LogP contribution in [0.4, 0.5) is 9.39 Å². The van der Waals surface area contributed by atoms with Crippen molar-refractivity contribution in [2.45, 2.75) is 6.92 Å². The number of amides is 2. The number of hydrogen-bond acceptors (Lipinski definition) is 4. The molecule has 5 nitrogen and oxygen atoms in total. The summed E-state index contributed by atoms with van der Waals surface area (Å²) in [6.45, 7) is 3.89. The van der Waals surface area contributed by atoms with Gasteiger partial charge in [-0.05, 0) is 36.2 Å². The topological polar surface area (TPSA) is 58.6 Å². The van der Waals surface area contributed by atoms with E-state index in [4.69, 9.17) is 4.74 Å². The minimum atomic E-state index is -0.486. The molecule has 2 amide bonds. The second-order valence-corrected chi connectivity index (χ2v) is 8.02. The van der Waals surface area contributed by atoms with Crippen LogP contribution in [0.15, 0.2) is 54.6 Å². The van der Waals surface area contributed by atoms with Gasteiger partial charge < -0.3 is 15.0 Å². The zero-order chi connectivity index (χ0) is 21.1. The van der Waals surface area contributed by atoms with Crippen LogP contribution in [0, 0.1) is 12.7 Å². The van der Waals surface area contributed by atoms with E-state index < -0.39 is 11.7 Å². The number of carbonyl (C=O) groups is 2. The molecule has 1 fully saturated rings. The molecule has 3 aromatic rings. The van der Waals surface area contributed by atoms with Crippen LogP contribution in [-0.2, 0) is 4.74 Å². The molecule has 154 valence electrons. The van der Waals surface area contributed by atoms with Crippen molar-refractivity contribution in [3.05, 3.63) is 77.1 Å². The quantitative estimate of drug-likeness (QED) is 0.667. The summed E-state index contributed by atoms with van der Waals surface area (Å²) in [7, 11) is 0. The highest BCUT2D eigenvalue weighted by atomic mass is 32.1. The summed E-state index contributed by atoms with van der Waals surface area (Å²) in [4.78, 5) is 28.7. The molecule has 0 saturated carbocycles. The Balaban J connectivity index is 1.73. The van der Waals surface area contributed by atoms with Crippen LogP contribution in [-0.4, -0.2) is 43.0 Å². The molecule has 0 radical (unpaired) electrons. The average Bonchev–Trinajstić information content (AvgIpc) is 3.10. The fourth-order valence-electron chi connectivity index (χ4n) is 3.45. The van der Waals surface area contributed by atoms with E-state index in [-0.39, 0.29) is 11.5 Å². The molecular weight excluding hydrogens is 403 g/mol. The maximum Gasteiger partial charge on any atom is 0.257 e. The number of ether oxygens (including phenoxy) is 1. The number of carbonyl (C=O) groups excluding carboxylic acids is 2. The molecule has 1 aliphatic heterocycles. The summed E-state index contributed by atoms with van der Waals surface area (Å²) >= 11 is 1.35. The number of nitrogens with zero attached hydrogens (tertiary/aromatic N) is 1. The molecule has 2 heterocycles. The van der Waals surface area contributed by atoms with Crippen LogP contribution in [0.1, 0.15) is 26.3 Å². The first-order chi connectivity index (χ1) is 14.5. The van der Waals surface area contributed by atoms with Crippen molar-refractivity contribution in [3.63, 3.8) is 0 Å². The zero-order valence-corrected chi connectivity index (χ0v) is 17.3. The third-order valence-corrected chi connectivity index (χ3v) is 6.27. The smallest absolute Gasteiger partial charge is 0.257 e. The minimum absolute atomic E-state index is 0.135. The Kier molecular flexibility index (Phi) is 5.92. The van der Waals surface area contributed by atoms with Crippen LogP contribution in [0.2, 0.25) is 0 Å². The van der Waals surface area contributed by atoms with Crippen LogP contribution >= 0.6 is 11.3 Å². The van der Waals surface area contributed by atoms with Gasteiger partial charge in [-0.25, -0.2) is 4.39 Å². The summed E-state index contributed by atoms with van der Waals surface area (Å²) in [5, 5.41) is 3.31. The van der Waals surface area contributed by atoms with Gasteiger partial charge in [0, 0.05) is 23.5 Å². The summed E-state index contributed by atoms with van der Waals surface area (Å²) < 4.78 is 18.9. The van der Waals surface area contributed by atoms with Gasteiger partial charge in [0.1, 0.15) is 10.8 Å². The minimum Gasteiger partial charge on any atom is -0.378 e. The Morgan fingerprint density at radius 3 is 2.50 bits per heavy atom. The van der Waals surface area contributed by atoms with Crippen molar-refractivity contribution >= 4 is 28.2 Å². The van der Waals surface area contributed by atoms with Gasteiger partial charge in [-0.3, -0.25) is 9.59 Å². The van der Waals surface area contributed by atoms with E-state index in [1.54, 1.807) is 11.0 Å². The van der Waals surface area contributed by atoms with E-state index in [1.165, 1.54) is 29.5 Å². The first-order valence-electron chi connectivity index (χ1n) is 9.67. The summed E-state index contributed by atoms with van der Waals surface area (Å²) in [5.41, 5.74) is 2.47. The molecule has 2 aromatic carbocycles. The SMILES string of the molecule is Cc1c(-c2ccccc2)sc(NC(=O)c2cccc(F)c2)c1C(=O)N1CCOCC1. The maximum absolute atomic E-state index is 13.6. The fourth-order valence-corrected chi connectivity index (χ4v) is 4.65. The lowest BCUT2D eigenvalue weighted by atomic mass is 10.1. The van der Waals surface area contributed by atoms with E-state index in [0.29, 0.717) is 36.9 Å². The predicted octanol–water partition coefficient (Wildman–Crippen LogP) is 4.59. The molecule has 0 bridgehead atoms. The van der Waals surface area contributed by atoms with Gasteiger partial charge in [-0.2, -0.15) is 0 Å². The molecule has 0 atom stereocenters. The summed E-state index contributed by atoms with van der Waals surface area (Å²) in [5.74, 6) is -1.07. The Morgan fingerprint density at radius 2 is 1.80 bits per heavy atom. The average molecular weight is 424 g/mol. The number of anilines is 1. The van der Waals surface area contributed by atoms with Gasteiger partial charge in [0.15, 0.2) is 0 Å². The number of halogens is 1. The van der Waals surface area contributed by atoms with Crippen LogP contribution < -0.4 is 5.32 Å². The number of morpholine rings is 1. The number of thiophene rings is 1. The monoisotopic (exact) mass is 424 g/mol. The molecule has 7 heteroatoms. The fraction of sp³-hybridized carbons (Fsp3) is 0.217. The van der Waals surface area contributed by atoms with Crippen molar-refractivity contribution in [2.24, 2.45) is 0 Å². The second-order valence-electron chi connectivity index (χ2n) is 7.00. The van der Waals surface area contributed by atoms with Gasteiger partial charge in [0.05, 0.1) is 18.8 Å². The molecule has 1 N–H and O–H groups in total. The van der Waals surface area contributed by atoms with Crippen molar-refractivity contribution in [1.29, 1.82) is 0 Å². The van der Waals surface area contributed by atoms with Gasteiger partial charge in [-0.1, -0.05) is 36.4 Å². The summed E-state index contributed by atoms with van der Waals surface area (Å²) in [6.07, 6.45) is 0. The Morgan fingerprint density at radius 1 is 1.07 bits per heavy atom. The van der Waals surface area contributed by atoms with Gasteiger partial charge in [0.25, 0.3) is 11.8 Å². The lowest BCUT2D eigenvalue weighted by Crippen LogP contribution is -2.41. The van der Waals surface area contributed by atoms with Gasteiger partial charge in [0.2, 0.25) is 0 Å². The van der Waals surface area contributed by atoms with Gasteiger partial charge >= 0.3 is 0 Å². The third-order valence-electron chi connectivity index (χ3n) is 5.01. The second kappa shape index (κ2) is 8.77. The van der Waals surface area contributed by atoms with E-state index in [9.17, 15) is 14.0 Å². The molecule has 1 aliphatic rings. The van der Waals surface area contributed by atoms with Crippen molar-refractivity contribution in [1.82, 2.24) is 4.90 Å². The van der Waals surface area contributed by atoms with E-state index >= 15 is 0 Å². The molecule has 0 unspecified atom stereocenters. The zero-order valence-electron chi connectivity index (χ0n) is 16.5. The summed E-state index contributed by atoms with van der Waals surface area (Å²) in [6, 6.07) is 15.2. The number of rotatable bonds is 4. The number of hydrogen-bond donors (Lipinski definition) is 1. The van der Waals surface area contributed by atoms with Gasteiger partial charge in [-0.15, -0.1) is 11.3 Å². The molecule has 1 aromatic heterocycles. The van der Waals surface area contributed by atoms with Crippen molar-refractivity contribution in [3.8, 4) is 10.4 Å². The first kappa shape index (κ1) is 20.3. The Labute approximate surface area is 178 Å². The molecule has 1 saturated heterocycles. The van der Waals surface area contributed by atoms with E-state index in [1.807, 2.05) is 37.3 Å². The molecule has 30 heavy (non-hydrogen) atoms. The predicted molar refractivity (Wildman–Crippen MR) is 116 cm³/mol. The lowest BCUT2D eigenvalue weighted by molar-refractivity contribution is 0.0303. The third kappa shape index (κ3) is 4.13. The maximum atomic E-state index is 13.6. The highest BCUT2D eigenvalue weighted by Crippen LogP contribution is 2.40. The van der Waals surface area contributed by atoms with Crippen molar-refractivity contribution < 1.29 is 18.7 Å². The molecule has 0 aliphatic carbocycles. The van der Waals surface area contributed by atoms with E-state index in [2.05, 4.69) is 5.32 Å². The highest BCUT2D eigenvalue weighted by molar-refractivity contribution is 7.20. The number of nitrogens with one attached hydrogen (secondary N) is 1. The molecule has 0 spiro atoms. The Bertz CT molecular complexity index is 1080. The van der Waals surface area contributed by atoms with Crippen LogP contribution in [0.25, 0.3) is 10.4 Å². The standard InChI is InChI=1S/C23H21FN2O3S/c1-15-19(23(28)26-10-12-29-13-11-26)22(30-20(15)16-6-3-2-4-7-16)25-21(27)17-8-5-9-18(24)14-17/h2-9,14H,10-13H2,1H3,(H,25,27). The lowest BCUT2D eigenvalue weighted by Gasteiger charge is -2.27.